The van der Waals surface area contributed by atoms with Crippen LogP contribution in [0.15, 0.2) is 52.5 Å². The van der Waals surface area contributed by atoms with E-state index in [0.717, 1.165) is 0 Å². The van der Waals surface area contributed by atoms with Crippen molar-refractivity contribution < 1.29 is 14.0 Å². The van der Waals surface area contributed by atoms with Gasteiger partial charge in [-0.25, -0.2) is 4.68 Å². The minimum atomic E-state index is -0.396. The van der Waals surface area contributed by atoms with Gasteiger partial charge in [-0.1, -0.05) is 6.07 Å². The van der Waals surface area contributed by atoms with Crippen LogP contribution in [0.2, 0.25) is 0 Å². The second kappa shape index (κ2) is 5.02. The molecule has 23 heavy (non-hydrogen) atoms. The zero-order chi connectivity index (χ0) is 15.8. The van der Waals surface area contributed by atoms with Crippen molar-refractivity contribution in [2.75, 3.05) is 0 Å². The van der Waals surface area contributed by atoms with E-state index in [2.05, 4.69) is 20.6 Å². The monoisotopic (exact) mass is 307 g/mol. The number of aromatic nitrogens is 3. The van der Waals surface area contributed by atoms with E-state index in [9.17, 15) is 9.59 Å². The van der Waals surface area contributed by atoms with Gasteiger partial charge in [-0.2, -0.15) is 5.10 Å². The molecule has 2 aromatic heterocycles. The Kier molecular flexibility index (Phi) is 2.87. The number of rotatable bonds is 3. The normalized spacial score (nSPS) is 13.6. The number of carbonyl (C=O) groups excluding carboxylic acids is 2. The molecule has 8 nitrogen and oxygen atoms in total. The van der Waals surface area contributed by atoms with Gasteiger partial charge in [0.2, 0.25) is 0 Å². The van der Waals surface area contributed by atoms with Crippen molar-refractivity contribution in [2.24, 2.45) is 5.10 Å². The Hall–Kier alpha value is -3.55. The summed E-state index contributed by atoms with van der Waals surface area (Å²) in [4.78, 5) is 23.2. The molecule has 0 radical (unpaired) electrons. The van der Waals surface area contributed by atoms with Crippen molar-refractivity contribution in [3.63, 3.8) is 0 Å². The SMILES string of the molecule is O=C1NC(=O)c2cc(-c3ccc(C=Nn4cnnc4)o3)ccc21. The first kappa shape index (κ1) is 13.1. The molecule has 1 aliphatic rings. The zero-order valence-electron chi connectivity index (χ0n) is 11.6. The molecule has 0 saturated heterocycles. The number of nitrogens with one attached hydrogen (secondary N) is 1. The molecule has 1 aliphatic heterocycles. The molecular weight excluding hydrogens is 298 g/mol. The Balaban J connectivity index is 1.64. The van der Waals surface area contributed by atoms with Gasteiger partial charge < -0.3 is 4.42 Å². The van der Waals surface area contributed by atoms with E-state index in [1.807, 2.05) is 0 Å². The summed E-state index contributed by atoms with van der Waals surface area (Å²) in [7, 11) is 0. The number of amides is 2. The summed E-state index contributed by atoms with van der Waals surface area (Å²) in [5, 5.41) is 13.6. The molecule has 4 rings (SSSR count). The van der Waals surface area contributed by atoms with E-state index in [1.165, 1.54) is 23.5 Å². The van der Waals surface area contributed by atoms with Gasteiger partial charge in [-0.15, -0.1) is 10.2 Å². The van der Waals surface area contributed by atoms with Crippen molar-refractivity contribution in [1.29, 1.82) is 0 Å². The van der Waals surface area contributed by atoms with Crippen LogP contribution in [0.3, 0.4) is 0 Å². The Bertz CT molecular complexity index is 940. The molecule has 0 unspecified atom stereocenters. The van der Waals surface area contributed by atoms with E-state index in [0.29, 0.717) is 28.2 Å². The first-order valence-electron chi connectivity index (χ1n) is 6.69. The van der Waals surface area contributed by atoms with Gasteiger partial charge in [-0.3, -0.25) is 14.9 Å². The number of imide groups is 1. The summed E-state index contributed by atoms with van der Waals surface area (Å²) < 4.78 is 7.11. The summed E-state index contributed by atoms with van der Waals surface area (Å²) in [5.41, 5.74) is 1.43. The average Bonchev–Trinajstić information content (AvgIpc) is 3.27. The molecule has 112 valence electrons. The highest BCUT2D eigenvalue weighted by Gasteiger charge is 2.27. The third-order valence-corrected chi connectivity index (χ3v) is 3.37. The summed E-state index contributed by atoms with van der Waals surface area (Å²) in [6.07, 6.45) is 4.43. The van der Waals surface area contributed by atoms with Crippen LogP contribution in [-0.4, -0.2) is 32.9 Å². The number of carbonyl (C=O) groups is 2. The quantitative estimate of drug-likeness (QED) is 0.580. The Morgan fingerprint density at radius 1 is 1.04 bits per heavy atom. The second-order valence-corrected chi connectivity index (χ2v) is 4.83. The maximum Gasteiger partial charge on any atom is 0.258 e. The van der Waals surface area contributed by atoms with Crippen molar-refractivity contribution >= 4 is 18.0 Å². The molecule has 3 aromatic rings. The number of fused-ring (bicyclic) bond motifs is 1. The lowest BCUT2D eigenvalue weighted by Crippen LogP contribution is -2.19. The molecular formula is C15H9N5O3. The molecule has 1 N–H and O–H groups in total. The third-order valence-electron chi connectivity index (χ3n) is 3.37. The van der Waals surface area contributed by atoms with Crippen LogP contribution in [0.5, 0.6) is 0 Å². The van der Waals surface area contributed by atoms with Crippen molar-refractivity contribution in [3.8, 4) is 11.3 Å². The summed E-state index contributed by atoms with van der Waals surface area (Å²) in [6, 6.07) is 8.50. The fourth-order valence-corrected chi connectivity index (χ4v) is 2.28. The lowest BCUT2D eigenvalue weighted by atomic mass is 10.0. The lowest BCUT2D eigenvalue weighted by Gasteiger charge is -1.99. The van der Waals surface area contributed by atoms with Crippen LogP contribution in [-0.2, 0) is 0 Å². The van der Waals surface area contributed by atoms with E-state index >= 15 is 0 Å². The molecule has 0 fully saturated rings. The average molecular weight is 307 g/mol. The Labute approximate surface area is 129 Å². The molecule has 3 heterocycles. The second-order valence-electron chi connectivity index (χ2n) is 4.83. The summed E-state index contributed by atoms with van der Waals surface area (Å²) >= 11 is 0. The summed E-state index contributed by atoms with van der Waals surface area (Å²) in [6.45, 7) is 0. The lowest BCUT2D eigenvalue weighted by molar-refractivity contribution is 0.0879. The molecule has 1 aromatic carbocycles. The topological polar surface area (TPSA) is 102 Å². The van der Waals surface area contributed by atoms with Crippen LogP contribution in [0.1, 0.15) is 26.5 Å². The van der Waals surface area contributed by atoms with Gasteiger partial charge in [0.25, 0.3) is 11.8 Å². The largest absolute Gasteiger partial charge is 0.455 e. The van der Waals surface area contributed by atoms with E-state index < -0.39 is 5.91 Å². The smallest absolute Gasteiger partial charge is 0.258 e. The molecule has 0 saturated carbocycles. The minimum absolute atomic E-state index is 0.351. The van der Waals surface area contributed by atoms with E-state index in [-0.39, 0.29) is 5.91 Å². The predicted molar refractivity (Wildman–Crippen MR) is 79.0 cm³/mol. The maximum absolute atomic E-state index is 11.7. The summed E-state index contributed by atoms with van der Waals surface area (Å²) in [5.74, 6) is 0.338. The molecule has 0 aliphatic carbocycles. The van der Waals surface area contributed by atoms with Crippen molar-refractivity contribution in [3.05, 3.63) is 59.9 Å². The number of benzene rings is 1. The fraction of sp³-hybridized carbons (Fsp3) is 0. The highest BCUT2D eigenvalue weighted by molar-refractivity contribution is 6.21. The van der Waals surface area contributed by atoms with Crippen LogP contribution < -0.4 is 5.32 Å². The minimum Gasteiger partial charge on any atom is -0.455 e. The Morgan fingerprint density at radius 3 is 2.65 bits per heavy atom. The highest BCUT2D eigenvalue weighted by Crippen LogP contribution is 2.26. The van der Waals surface area contributed by atoms with Crippen LogP contribution >= 0.6 is 0 Å². The molecule has 0 bridgehead atoms. The number of furan rings is 1. The van der Waals surface area contributed by atoms with Gasteiger partial charge >= 0.3 is 0 Å². The van der Waals surface area contributed by atoms with Gasteiger partial charge in [-0.05, 0) is 24.3 Å². The fourth-order valence-electron chi connectivity index (χ4n) is 2.28. The molecule has 8 heteroatoms. The van der Waals surface area contributed by atoms with Crippen LogP contribution in [0.4, 0.5) is 0 Å². The first-order chi connectivity index (χ1) is 11.2. The van der Waals surface area contributed by atoms with Gasteiger partial charge in [0, 0.05) is 5.56 Å². The van der Waals surface area contributed by atoms with Crippen LogP contribution in [0, 0.1) is 0 Å². The van der Waals surface area contributed by atoms with Crippen molar-refractivity contribution in [2.45, 2.75) is 0 Å². The molecule has 0 spiro atoms. The first-order valence-corrected chi connectivity index (χ1v) is 6.69. The highest BCUT2D eigenvalue weighted by atomic mass is 16.3. The number of hydrogen-bond acceptors (Lipinski definition) is 6. The van der Waals surface area contributed by atoms with E-state index in [1.54, 1.807) is 30.3 Å². The van der Waals surface area contributed by atoms with Gasteiger partial charge in [0.05, 0.1) is 17.3 Å². The van der Waals surface area contributed by atoms with Crippen molar-refractivity contribution in [1.82, 2.24) is 20.2 Å². The Morgan fingerprint density at radius 2 is 1.83 bits per heavy atom. The zero-order valence-corrected chi connectivity index (χ0v) is 11.6. The van der Waals surface area contributed by atoms with Crippen LogP contribution in [0.25, 0.3) is 11.3 Å². The third kappa shape index (κ3) is 2.31. The molecule has 0 atom stereocenters. The van der Waals surface area contributed by atoms with Gasteiger partial charge in [0.15, 0.2) is 0 Å². The standard InChI is InChI=1S/C15H9N5O3/c21-14-11-3-1-9(5-12(11)15(22)19-14)13-4-2-10(23-13)6-18-20-7-16-17-8-20/h1-8H,(H,19,21,22). The maximum atomic E-state index is 11.7. The predicted octanol–water partition coefficient (Wildman–Crippen LogP) is 1.30. The van der Waals surface area contributed by atoms with E-state index in [4.69, 9.17) is 4.42 Å². The van der Waals surface area contributed by atoms with Gasteiger partial charge in [0.1, 0.15) is 24.2 Å². The molecule has 2 amide bonds. The number of hydrogen-bond donors (Lipinski definition) is 1. The number of nitrogens with zero attached hydrogens (tertiary/aromatic N) is 4.